The maximum atomic E-state index is 10.9. The molecule has 1 amide bonds. The van der Waals surface area contributed by atoms with Crippen LogP contribution < -0.4 is 19.6 Å². The molecule has 0 heterocycles. The number of amides is 1. The predicted octanol–water partition coefficient (Wildman–Crippen LogP) is 4.67. The first-order valence-electron chi connectivity index (χ1n) is 9.49. The molecule has 0 bridgehead atoms. The number of carbonyl (C=O) groups excluding carboxylic acids is 1. The molecule has 0 spiro atoms. The van der Waals surface area contributed by atoms with Crippen LogP contribution in [0.25, 0.3) is 0 Å². The Morgan fingerprint density at radius 2 is 1.86 bits per heavy atom. The molecule has 29 heavy (non-hydrogen) atoms. The van der Waals surface area contributed by atoms with Crippen molar-refractivity contribution >= 4 is 23.7 Å². The molecule has 0 aliphatic carbocycles. The number of hydrazone groups is 1. The lowest BCUT2D eigenvalue weighted by molar-refractivity contribution is -0.118. The molecule has 1 N–H and O–H groups in total. The second kappa shape index (κ2) is 11.3. The molecule has 2 aromatic carbocycles. The minimum absolute atomic E-state index is 0.250. The Balaban J connectivity index is 1.93. The number of nitrogens with one attached hydrogen (secondary N) is 1. The molecule has 0 saturated carbocycles. The Morgan fingerprint density at radius 3 is 2.55 bits per heavy atom. The Bertz CT molecular complexity index is 868. The van der Waals surface area contributed by atoms with Crippen molar-refractivity contribution in [2.24, 2.45) is 5.10 Å². The van der Waals surface area contributed by atoms with Gasteiger partial charge in [0.05, 0.1) is 31.1 Å². The van der Waals surface area contributed by atoms with E-state index in [4.69, 9.17) is 25.8 Å². The van der Waals surface area contributed by atoms with Crippen LogP contribution in [0.3, 0.4) is 0 Å². The van der Waals surface area contributed by atoms with Crippen molar-refractivity contribution in [1.82, 2.24) is 5.43 Å². The zero-order valence-corrected chi connectivity index (χ0v) is 18.0. The van der Waals surface area contributed by atoms with Crippen molar-refractivity contribution in [3.8, 4) is 17.2 Å². The smallest absolute Gasteiger partial charge is 0.236 e. The number of ether oxygens (including phenoxy) is 3. The van der Waals surface area contributed by atoms with E-state index in [0.717, 1.165) is 5.75 Å². The van der Waals surface area contributed by atoms with E-state index in [2.05, 4.69) is 24.4 Å². The van der Waals surface area contributed by atoms with Crippen LogP contribution in [0, 0.1) is 13.8 Å². The molecule has 2 aromatic rings. The summed E-state index contributed by atoms with van der Waals surface area (Å²) in [6, 6.07) is 9.51. The maximum Gasteiger partial charge on any atom is 0.236 e. The summed E-state index contributed by atoms with van der Waals surface area (Å²) < 4.78 is 17.3. The van der Waals surface area contributed by atoms with Crippen LogP contribution in [0.4, 0.5) is 0 Å². The van der Waals surface area contributed by atoms with Crippen LogP contribution in [0.5, 0.6) is 17.2 Å². The van der Waals surface area contributed by atoms with Crippen molar-refractivity contribution in [2.45, 2.75) is 34.1 Å². The van der Waals surface area contributed by atoms with Gasteiger partial charge in [-0.2, -0.15) is 5.10 Å². The number of rotatable bonds is 10. The number of hydrogen-bond donors (Lipinski definition) is 1. The number of carbonyl (C=O) groups is 1. The largest absolute Gasteiger partial charge is 0.493 e. The monoisotopic (exact) mass is 418 g/mol. The summed E-state index contributed by atoms with van der Waals surface area (Å²) in [6.45, 7) is 8.84. The van der Waals surface area contributed by atoms with Crippen LogP contribution in [0.15, 0.2) is 35.4 Å². The van der Waals surface area contributed by atoms with Gasteiger partial charge < -0.3 is 14.2 Å². The van der Waals surface area contributed by atoms with Gasteiger partial charge in [0.25, 0.3) is 0 Å². The van der Waals surface area contributed by atoms with Crippen molar-refractivity contribution < 1.29 is 19.0 Å². The summed E-state index contributed by atoms with van der Waals surface area (Å²) >= 11 is 6.37. The normalized spacial score (nSPS) is 10.8. The van der Waals surface area contributed by atoms with Crippen LogP contribution in [0.1, 0.15) is 37.0 Å². The molecule has 0 aliphatic rings. The number of hydrogen-bond acceptors (Lipinski definition) is 5. The number of benzene rings is 2. The Labute approximate surface area is 176 Å². The lowest BCUT2D eigenvalue weighted by Gasteiger charge is -2.15. The fourth-order valence-electron chi connectivity index (χ4n) is 2.49. The van der Waals surface area contributed by atoms with E-state index in [-0.39, 0.29) is 5.91 Å². The zero-order valence-electron chi connectivity index (χ0n) is 17.3. The number of aryl methyl sites for hydroxylation is 2. The van der Waals surface area contributed by atoms with Gasteiger partial charge in [0.15, 0.2) is 11.5 Å². The zero-order chi connectivity index (χ0) is 21.2. The average molecular weight is 419 g/mol. The van der Waals surface area contributed by atoms with Gasteiger partial charge in [0.2, 0.25) is 5.91 Å². The molecule has 0 radical (unpaired) electrons. The molecular weight excluding hydrogens is 392 g/mol. The molecule has 0 fully saturated rings. The third-order valence-corrected chi connectivity index (χ3v) is 4.33. The van der Waals surface area contributed by atoms with Crippen LogP contribution >= 0.6 is 11.6 Å². The summed E-state index contributed by atoms with van der Waals surface area (Å²) in [5, 5.41) is 4.26. The molecular formula is C22H27ClN2O4. The van der Waals surface area contributed by atoms with E-state index in [9.17, 15) is 4.79 Å². The second-order valence-corrected chi connectivity index (χ2v) is 6.89. The van der Waals surface area contributed by atoms with Gasteiger partial charge in [-0.25, -0.2) is 5.43 Å². The molecule has 0 unspecified atom stereocenters. The van der Waals surface area contributed by atoms with E-state index in [1.54, 1.807) is 12.1 Å². The van der Waals surface area contributed by atoms with E-state index in [1.807, 2.05) is 25.1 Å². The highest BCUT2D eigenvalue weighted by Gasteiger charge is 2.12. The van der Waals surface area contributed by atoms with Gasteiger partial charge in [-0.05, 0) is 61.7 Å². The van der Waals surface area contributed by atoms with Crippen molar-refractivity contribution in [3.05, 3.63) is 52.0 Å². The second-order valence-electron chi connectivity index (χ2n) is 6.49. The molecule has 6 nitrogen and oxygen atoms in total. The first-order chi connectivity index (χ1) is 13.9. The molecule has 0 saturated heterocycles. The highest BCUT2D eigenvalue weighted by molar-refractivity contribution is 6.32. The fourth-order valence-corrected chi connectivity index (χ4v) is 2.76. The SMILES string of the molecule is CCOc1cc(C=NNC(C)=O)cc(Cl)c1OCCCOc1ccc(C)c(C)c1. The van der Waals surface area contributed by atoms with Crippen molar-refractivity contribution in [1.29, 1.82) is 0 Å². The molecule has 0 aliphatic heterocycles. The minimum atomic E-state index is -0.250. The molecule has 0 atom stereocenters. The molecule has 0 aromatic heterocycles. The standard InChI is InChI=1S/C22H27ClN2O4/c1-5-27-21-13-18(14-24-25-17(4)26)12-20(23)22(21)29-10-6-9-28-19-8-7-15(2)16(3)11-19/h7-8,11-14H,5-6,9-10H2,1-4H3,(H,25,26). The molecule has 156 valence electrons. The van der Waals surface area contributed by atoms with Gasteiger partial charge in [-0.1, -0.05) is 17.7 Å². The first kappa shape index (κ1) is 22.6. The summed E-state index contributed by atoms with van der Waals surface area (Å²) in [5.41, 5.74) is 5.48. The predicted molar refractivity (Wildman–Crippen MR) is 116 cm³/mol. The van der Waals surface area contributed by atoms with Gasteiger partial charge in [0, 0.05) is 13.3 Å². The Morgan fingerprint density at radius 1 is 1.10 bits per heavy atom. The topological polar surface area (TPSA) is 69.2 Å². The first-order valence-corrected chi connectivity index (χ1v) is 9.87. The lowest BCUT2D eigenvalue weighted by atomic mass is 10.1. The highest BCUT2D eigenvalue weighted by atomic mass is 35.5. The van der Waals surface area contributed by atoms with Crippen molar-refractivity contribution in [3.63, 3.8) is 0 Å². The summed E-state index contributed by atoms with van der Waals surface area (Å²) in [6.07, 6.45) is 2.19. The lowest BCUT2D eigenvalue weighted by Crippen LogP contribution is -2.12. The summed E-state index contributed by atoms with van der Waals surface area (Å²) in [4.78, 5) is 10.9. The van der Waals surface area contributed by atoms with Crippen molar-refractivity contribution in [2.75, 3.05) is 19.8 Å². The van der Waals surface area contributed by atoms with Gasteiger partial charge in [-0.3, -0.25) is 4.79 Å². The third kappa shape index (κ3) is 7.31. The fraction of sp³-hybridized carbons (Fsp3) is 0.364. The van der Waals surface area contributed by atoms with Crippen LogP contribution in [0.2, 0.25) is 5.02 Å². The van der Waals surface area contributed by atoms with E-state index in [0.29, 0.717) is 48.3 Å². The van der Waals surface area contributed by atoms with Gasteiger partial charge >= 0.3 is 0 Å². The van der Waals surface area contributed by atoms with E-state index < -0.39 is 0 Å². The van der Waals surface area contributed by atoms with E-state index >= 15 is 0 Å². The third-order valence-electron chi connectivity index (χ3n) is 4.05. The Hall–Kier alpha value is -2.73. The van der Waals surface area contributed by atoms with E-state index in [1.165, 1.54) is 24.3 Å². The number of nitrogens with zero attached hydrogens (tertiary/aromatic N) is 1. The summed E-state index contributed by atoms with van der Waals surface area (Å²) in [5.74, 6) is 1.61. The van der Waals surface area contributed by atoms with Gasteiger partial charge in [-0.15, -0.1) is 0 Å². The average Bonchev–Trinajstić information content (AvgIpc) is 2.66. The maximum absolute atomic E-state index is 10.9. The number of halogens is 1. The van der Waals surface area contributed by atoms with Crippen LogP contribution in [-0.4, -0.2) is 31.9 Å². The van der Waals surface area contributed by atoms with Crippen LogP contribution in [-0.2, 0) is 4.79 Å². The molecule has 7 heteroatoms. The Kier molecular flexibility index (Phi) is 8.80. The summed E-state index contributed by atoms with van der Waals surface area (Å²) in [7, 11) is 0. The highest BCUT2D eigenvalue weighted by Crippen LogP contribution is 2.36. The molecule has 2 rings (SSSR count). The quantitative estimate of drug-likeness (QED) is 0.345. The van der Waals surface area contributed by atoms with Gasteiger partial charge in [0.1, 0.15) is 5.75 Å². The minimum Gasteiger partial charge on any atom is -0.493 e.